The number of hydrogen-bond acceptors (Lipinski definition) is 2. The molecule has 16 heavy (non-hydrogen) atoms. The molecule has 1 aromatic rings. The van der Waals surface area contributed by atoms with E-state index in [1.165, 1.54) is 11.1 Å². The monoisotopic (exact) mass is 238 g/mol. The first-order chi connectivity index (χ1) is 7.47. The van der Waals surface area contributed by atoms with Crippen LogP contribution in [0.2, 0.25) is 0 Å². The average molecular weight is 238 g/mol. The highest BCUT2D eigenvalue weighted by molar-refractivity contribution is 7.80. The zero-order valence-corrected chi connectivity index (χ0v) is 10.7. The Labute approximate surface area is 102 Å². The molecule has 0 saturated heterocycles. The van der Waals surface area contributed by atoms with Gasteiger partial charge in [-0.05, 0) is 56.2 Å². The van der Waals surface area contributed by atoms with Gasteiger partial charge < -0.3 is 15.7 Å². The van der Waals surface area contributed by atoms with Gasteiger partial charge in [-0.25, -0.2) is 0 Å². The summed E-state index contributed by atoms with van der Waals surface area (Å²) < 4.78 is 0. The second kappa shape index (κ2) is 5.82. The van der Waals surface area contributed by atoms with E-state index >= 15 is 0 Å². The van der Waals surface area contributed by atoms with Crippen molar-refractivity contribution < 1.29 is 5.11 Å². The van der Waals surface area contributed by atoms with Crippen LogP contribution in [0.4, 0.5) is 5.69 Å². The molecule has 0 spiro atoms. The van der Waals surface area contributed by atoms with Crippen LogP contribution in [-0.4, -0.2) is 22.9 Å². The fourth-order valence-corrected chi connectivity index (χ4v) is 1.66. The smallest absolute Gasteiger partial charge is 0.170 e. The van der Waals surface area contributed by atoms with E-state index in [1.807, 2.05) is 26.0 Å². The second-order valence-electron chi connectivity index (χ2n) is 4.06. The maximum atomic E-state index is 9.11. The van der Waals surface area contributed by atoms with Gasteiger partial charge in [0.2, 0.25) is 0 Å². The number of aliphatic hydroxyl groups excluding tert-OH is 1. The summed E-state index contributed by atoms with van der Waals surface area (Å²) in [6, 6.07) is 6.17. The largest absolute Gasteiger partial charge is 0.392 e. The summed E-state index contributed by atoms with van der Waals surface area (Å²) in [6.45, 7) is 6.26. The standard InChI is InChI=1S/C12H18N2OS/c1-8-4-9(2)6-11(5-8)14-12(16)13-7-10(3)15/h4-6,10,15H,7H2,1-3H3,(H2,13,14,16)/t10-/m0/s1. The molecule has 3 nitrogen and oxygen atoms in total. The first kappa shape index (κ1) is 12.9. The van der Waals surface area contributed by atoms with Crippen LogP contribution in [0.1, 0.15) is 18.1 Å². The van der Waals surface area contributed by atoms with Crippen molar-refractivity contribution in [3.05, 3.63) is 29.3 Å². The molecule has 0 heterocycles. The molecule has 0 unspecified atom stereocenters. The Morgan fingerprint density at radius 2 is 1.88 bits per heavy atom. The van der Waals surface area contributed by atoms with Crippen LogP contribution in [-0.2, 0) is 0 Å². The van der Waals surface area contributed by atoms with Crippen LogP contribution in [0.3, 0.4) is 0 Å². The number of benzene rings is 1. The van der Waals surface area contributed by atoms with Gasteiger partial charge in [0.05, 0.1) is 6.10 Å². The van der Waals surface area contributed by atoms with Gasteiger partial charge in [0, 0.05) is 12.2 Å². The molecule has 0 aliphatic heterocycles. The number of hydrogen-bond donors (Lipinski definition) is 3. The highest BCUT2D eigenvalue weighted by Crippen LogP contribution is 2.13. The normalized spacial score (nSPS) is 12.0. The molecule has 0 bridgehead atoms. The lowest BCUT2D eigenvalue weighted by atomic mass is 10.1. The molecule has 4 heteroatoms. The van der Waals surface area contributed by atoms with Crippen LogP contribution in [0, 0.1) is 13.8 Å². The van der Waals surface area contributed by atoms with Crippen molar-refractivity contribution in [2.75, 3.05) is 11.9 Å². The van der Waals surface area contributed by atoms with Crippen molar-refractivity contribution in [3.63, 3.8) is 0 Å². The third-order valence-electron chi connectivity index (χ3n) is 2.04. The molecule has 1 atom stereocenters. The van der Waals surface area contributed by atoms with Crippen molar-refractivity contribution in [1.29, 1.82) is 0 Å². The van der Waals surface area contributed by atoms with Crippen LogP contribution in [0.15, 0.2) is 18.2 Å². The van der Waals surface area contributed by atoms with Crippen molar-refractivity contribution in [3.8, 4) is 0 Å². The summed E-state index contributed by atoms with van der Waals surface area (Å²) in [5, 5.41) is 15.7. The van der Waals surface area contributed by atoms with Crippen LogP contribution in [0.5, 0.6) is 0 Å². The number of anilines is 1. The maximum Gasteiger partial charge on any atom is 0.170 e. The minimum absolute atomic E-state index is 0.404. The van der Waals surface area contributed by atoms with Crippen molar-refractivity contribution in [2.24, 2.45) is 0 Å². The Balaban J connectivity index is 2.56. The topological polar surface area (TPSA) is 44.3 Å². The average Bonchev–Trinajstić information content (AvgIpc) is 2.12. The number of thiocarbonyl (C=S) groups is 1. The fraction of sp³-hybridized carbons (Fsp3) is 0.417. The summed E-state index contributed by atoms with van der Waals surface area (Å²) >= 11 is 5.11. The van der Waals surface area contributed by atoms with E-state index in [-0.39, 0.29) is 0 Å². The molecular weight excluding hydrogens is 220 g/mol. The molecule has 1 rings (SSSR count). The van der Waals surface area contributed by atoms with Crippen LogP contribution >= 0.6 is 12.2 Å². The highest BCUT2D eigenvalue weighted by Gasteiger charge is 2.00. The summed E-state index contributed by atoms with van der Waals surface area (Å²) in [5.74, 6) is 0. The van der Waals surface area contributed by atoms with E-state index < -0.39 is 6.10 Å². The van der Waals surface area contributed by atoms with Gasteiger partial charge in [0.1, 0.15) is 0 Å². The first-order valence-corrected chi connectivity index (χ1v) is 5.69. The second-order valence-corrected chi connectivity index (χ2v) is 4.47. The molecule has 0 aliphatic carbocycles. The number of aryl methyl sites for hydroxylation is 2. The van der Waals surface area contributed by atoms with E-state index in [0.717, 1.165) is 5.69 Å². The molecule has 0 aliphatic rings. The summed E-state index contributed by atoms with van der Waals surface area (Å²) in [4.78, 5) is 0. The minimum Gasteiger partial charge on any atom is -0.392 e. The summed E-state index contributed by atoms with van der Waals surface area (Å²) in [7, 11) is 0. The van der Waals surface area contributed by atoms with Crippen molar-refractivity contribution in [2.45, 2.75) is 26.9 Å². The zero-order valence-electron chi connectivity index (χ0n) is 9.87. The third-order valence-corrected chi connectivity index (χ3v) is 2.28. The van der Waals surface area contributed by atoms with Gasteiger partial charge in [-0.2, -0.15) is 0 Å². The lowest BCUT2D eigenvalue weighted by Gasteiger charge is -2.12. The Bertz CT molecular complexity index is 357. The van der Waals surface area contributed by atoms with Gasteiger partial charge in [-0.15, -0.1) is 0 Å². The minimum atomic E-state index is -0.404. The molecule has 88 valence electrons. The van der Waals surface area contributed by atoms with E-state index in [1.54, 1.807) is 6.92 Å². The van der Waals surface area contributed by atoms with Gasteiger partial charge in [0.15, 0.2) is 5.11 Å². The Hall–Kier alpha value is -1.13. The van der Waals surface area contributed by atoms with E-state index in [4.69, 9.17) is 17.3 Å². The molecule has 0 aromatic heterocycles. The van der Waals surface area contributed by atoms with E-state index in [0.29, 0.717) is 11.7 Å². The molecule has 0 radical (unpaired) electrons. The molecular formula is C12H18N2OS. The molecule has 0 amide bonds. The lowest BCUT2D eigenvalue weighted by Crippen LogP contribution is -2.33. The quantitative estimate of drug-likeness (QED) is 0.705. The van der Waals surface area contributed by atoms with Crippen LogP contribution < -0.4 is 10.6 Å². The SMILES string of the molecule is Cc1cc(C)cc(NC(=S)NC[C@H](C)O)c1. The Morgan fingerprint density at radius 1 is 1.31 bits per heavy atom. The fourth-order valence-electron chi connectivity index (χ4n) is 1.46. The van der Waals surface area contributed by atoms with Gasteiger partial charge in [-0.1, -0.05) is 6.07 Å². The van der Waals surface area contributed by atoms with Gasteiger partial charge >= 0.3 is 0 Å². The molecule has 0 saturated carbocycles. The Kier molecular flexibility index (Phi) is 4.71. The van der Waals surface area contributed by atoms with Gasteiger partial charge in [0.25, 0.3) is 0 Å². The summed E-state index contributed by atoms with van der Waals surface area (Å²) in [6.07, 6.45) is -0.404. The van der Waals surface area contributed by atoms with Crippen LogP contribution in [0.25, 0.3) is 0 Å². The highest BCUT2D eigenvalue weighted by atomic mass is 32.1. The van der Waals surface area contributed by atoms with Gasteiger partial charge in [-0.3, -0.25) is 0 Å². The van der Waals surface area contributed by atoms with Crippen molar-refractivity contribution >= 4 is 23.0 Å². The number of rotatable bonds is 3. The Morgan fingerprint density at radius 3 is 2.38 bits per heavy atom. The first-order valence-electron chi connectivity index (χ1n) is 5.28. The predicted octanol–water partition coefficient (Wildman–Crippen LogP) is 1.97. The molecule has 1 aromatic carbocycles. The lowest BCUT2D eigenvalue weighted by molar-refractivity contribution is 0.198. The molecule has 3 N–H and O–H groups in total. The zero-order chi connectivity index (χ0) is 12.1. The summed E-state index contributed by atoms with van der Waals surface area (Å²) in [5.41, 5.74) is 3.36. The van der Waals surface area contributed by atoms with E-state index in [2.05, 4.69) is 16.7 Å². The number of aliphatic hydroxyl groups is 1. The number of nitrogens with one attached hydrogen (secondary N) is 2. The van der Waals surface area contributed by atoms with E-state index in [9.17, 15) is 0 Å². The maximum absolute atomic E-state index is 9.11. The molecule has 0 fully saturated rings. The predicted molar refractivity (Wildman–Crippen MR) is 71.8 cm³/mol. The van der Waals surface area contributed by atoms with Crippen molar-refractivity contribution in [1.82, 2.24) is 5.32 Å². The third kappa shape index (κ3) is 4.59.